The van der Waals surface area contributed by atoms with Crippen molar-refractivity contribution in [2.45, 2.75) is 25.7 Å². The first-order chi connectivity index (χ1) is 10.9. The predicted octanol–water partition coefficient (Wildman–Crippen LogP) is 4.08. The van der Waals surface area contributed by atoms with Gasteiger partial charge in [-0.15, -0.1) is 0 Å². The molecule has 0 N–H and O–H groups in total. The van der Waals surface area contributed by atoms with E-state index in [0.717, 1.165) is 5.56 Å². The van der Waals surface area contributed by atoms with E-state index in [0.29, 0.717) is 32.2 Å². The molecule has 0 amide bonds. The molecule has 1 aromatic carbocycles. The van der Waals surface area contributed by atoms with Crippen molar-refractivity contribution in [2.24, 2.45) is 0 Å². The highest BCUT2D eigenvalue weighted by Gasteiger charge is 2.19. The Morgan fingerprint density at radius 1 is 1.22 bits per heavy atom. The van der Waals surface area contributed by atoms with Crippen LogP contribution in [0.3, 0.4) is 0 Å². The third-order valence-electron chi connectivity index (χ3n) is 3.67. The lowest BCUT2D eigenvalue weighted by Crippen LogP contribution is -2.05. The first-order valence-corrected chi connectivity index (χ1v) is 8.55. The van der Waals surface area contributed by atoms with Crippen LogP contribution in [0.15, 0.2) is 41.4 Å². The molecular weight excluding hydrogens is 332 g/mol. The summed E-state index contributed by atoms with van der Waals surface area (Å²) in [6.45, 7) is 5.25. The molecule has 2 heterocycles. The number of ketones is 1. The number of nitrogens with zero attached hydrogens (tertiary/aromatic N) is 2. The minimum atomic E-state index is -1.46. The van der Waals surface area contributed by atoms with Gasteiger partial charge >= 0.3 is 0 Å². The normalized spacial score (nSPS) is 12.5. The summed E-state index contributed by atoms with van der Waals surface area (Å²) in [5.41, 5.74) is 2.89. The minimum absolute atomic E-state index is 0.101. The fourth-order valence-corrected chi connectivity index (χ4v) is 3.97. The average molecular weight is 347 g/mol. The van der Waals surface area contributed by atoms with Gasteiger partial charge in [-0.3, -0.25) is 8.77 Å². The van der Waals surface area contributed by atoms with Crippen molar-refractivity contribution in [3.8, 4) is 0 Å². The standard InChI is InChI=1S/C17H15ClN2O2S/c1-10-4-6-13(7-5-10)23(22)20-9-15(12(3)21)14-8-16(18)19-11(2)17(14)20/h4-9H,1-3H3. The first-order valence-electron chi connectivity index (χ1n) is 7.06. The van der Waals surface area contributed by atoms with E-state index < -0.39 is 11.0 Å². The van der Waals surface area contributed by atoms with Crippen LogP contribution < -0.4 is 0 Å². The molecule has 118 valence electrons. The van der Waals surface area contributed by atoms with Gasteiger partial charge in [0.1, 0.15) is 5.15 Å². The number of aromatic nitrogens is 2. The Balaban J connectivity index is 2.27. The molecule has 0 fully saturated rings. The number of hydrogen-bond acceptors (Lipinski definition) is 3. The van der Waals surface area contributed by atoms with Crippen molar-refractivity contribution < 1.29 is 9.00 Å². The second-order valence-corrected chi connectivity index (χ2v) is 7.16. The summed E-state index contributed by atoms with van der Waals surface area (Å²) in [6, 6.07) is 9.11. The van der Waals surface area contributed by atoms with E-state index in [1.54, 1.807) is 23.2 Å². The molecular formula is C17H15ClN2O2S. The van der Waals surface area contributed by atoms with Crippen LogP contribution >= 0.6 is 11.6 Å². The molecule has 3 rings (SSSR count). The molecule has 0 saturated carbocycles. The molecule has 0 bridgehead atoms. The number of carbonyl (C=O) groups excluding carboxylic acids is 1. The zero-order valence-corrected chi connectivity index (χ0v) is 14.5. The third kappa shape index (κ3) is 2.82. The molecule has 0 aliphatic rings. The van der Waals surface area contributed by atoms with Gasteiger partial charge in [0.15, 0.2) is 16.8 Å². The highest BCUT2D eigenvalue weighted by molar-refractivity contribution is 7.83. The number of hydrogen-bond donors (Lipinski definition) is 0. The van der Waals surface area contributed by atoms with Crippen molar-refractivity contribution in [2.75, 3.05) is 0 Å². The second kappa shape index (κ2) is 5.91. The van der Waals surface area contributed by atoms with E-state index in [4.69, 9.17) is 11.6 Å². The van der Waals surface area contributed by atoms with Crippen LogP contribution in [0.25, 0.3) is 10.9 Å². The fraction of sp³-hybridized carbons (Fsp3) is 0.176. The van der Waals surface area contributed by atoms with Gasteiger partial charge in [0.05, 0.1) is 16.1 Å². The van der Waals surface area contributed by atoms with Crippen molar-refractivity contribution in [3.05, 3.63) is 58.5 Å². The van der Waals surface area contributed by atoms with Gasteiger partial charge in [0.2, 0.25) is 0 Å². The van der Waals surface area contributed by atoms with E-state index in [9.17, 15) is 9.00 Å². The third-order valence-corrected chi connectivity index (χ3v) is 5.19. The Morgan fingerprint density at radius 3 is 2.48 bits per heavy atom. The molecule has 3 aromatic rings. The molecule has 0 saturated heterocycles. The molecule has 23 heavy (non-hydrogen) atoms. The van der Waals surface area contributed by atoms with E-state index in [1.807, 2.05) is 31.2 Å². The maximum Gasteiger partial charge on any atom is 0.161 e. The van der Waals surface area contributed by atoms with Gasteiger partial charge in [-0.1, -0.05) is 29.3 Å². The topological polar surface area (TPSA) is 52.0 Å². The lowest BCUT2D eigenvalue weighted by Gasteiger charge is -2.07. The average Bonchev–Trinajstić information content (AvgIpc) is 2.87. The van der Waals surface area contributed by atoms with Crippen molar-refractivity contribution in [1.29, 1.82) is 0 Å². The maximum atomic E-state index is 12.9. The molecule has 0 aliphatic carbocycles. The molecule has 2 aromatic heterocycles. The lowest BCUT2D eigenvalue weighted by molar-refractivity contribution is 0.101. The van der Waals surface area contributed by atoms with E-state index >= 15 is 0 Å². The number of carbonyl (C=O) groups is 1. The number of aryl methyl sites for hydroxylation is 2. The highest BCUT2D eigenvalue weighted by Crippen LogP contribution is 2.28. The van der Waals surface area contributed by atoms with Gasteiger partial charge in [-0.05, 0) is 39.0 Å². The zero-order chi connectivity index (χ0) is 16.7. The summed E-state index contributed by atoms with van der Waals surface area (Å²) in [5, 5.41) is 0.992. The molecule has 0 aliphatic heterocycles. The Labute approximate surface area is 141 Å². The number of Topliss-reactive ketones (excluding diaryl/α,β-unsaturated/α-hetero) is 1. The Kier molecular flexibility index (Phi) is 4.08. The van der Waals surface area contributed by atoms with Crippen LogP contribution in [-0.2, 0) is 11.0 Å². The Bertz CT molecular complexity index is 945. The predicted molar refractivity (Wildman–Crippen MR) is 92.5 cm³/mol. The van der Waals surface area contributed by atoms with Crippen LogP contribution in [0.1, 0.15) is 28.5 Å². The van der Waals surface area contributed by atoms with Crippen molar-refractivity contribution >= 4 is 39.3 Å². The molecule has 4 nitrogen and oxygen atoms in total. The molecule has 0 spiro atoms. The second-order valence-electron chi connectivity index (χ2n) is 5.41. The van der Waals surface area contributed by atoms with Crippen molar-refractivity contribution in [3.63, 3.8) is 0 Å². The van der Waals surface area contributed by atoms with Crippen LogP contribution in [0, 0.1) is 13.8 Å². The zero-order valence-electron chi connectivity index (χ0n) is 13.0. The highest BCUT2D eigenvalue weighted by atomic mass is 35.5. The lowest BCUT2D eigenvalue weighted by atomic mass is 10.1. The molecule has 1 atom stereocenters. The number of rotatable bonds is 3. The summed E-state index contributed by atoms with van der Waals surface area (Å²) < 4.78 is 14.5. The summed E-state index contributed by atoms with van der Waals surface area (Å²) >= 11 is 6.02. The van der Waals surface area contributed by atoms with Crippen LogP contribution in [0.5, 0.6) is 0 Å². The summed E-state index contributed by atoms with van der Waals surface area (Å²) in [5.74, 6) is -0.101. The smallest absolute Gasteiger partial charge is 0.161 e. The summed E-state index contributed by atoms with van der Waals surface area (Å²) in [6.07, 6.45) is 1.62. The van der Waals surface area contributed by atoms with Gasteiger partial charge in [0.25, 0.3) is 0 Å². The molecule has 0 radical (unpaired) electrons. The minimum Gasteiger partial charge on any atom is -0.294 e. The Hall–Kier alpha value is -1.98. The summed E-state index contributed by atoms with van der Waals surface area (Å²) in [4.78, 5) is 16.8. The van der Waals surface area contributed by atoms with E-state index in [-0.39, 0.29) is 5.78 Å². The molecule has 6 heteroatoms. The van der Waals surface area contributed by atoms with E-state index in [2.05, 4.69) is 4.98 Å². The maximum absolute atomic E-state index is 12.9. The van der Waals surface area contributed by atoms with Crippen LogP contribution in [-0.4, -0.2) is 18.9 Å². The quantitative estimate of drug-likeness (QED) is 0.530. The fourth-order valence-electron chi connectivity index (χ4n) is 2.54. The van der Waals surface area contributed by atoms with E-state index in [1.165, 1.54) is 6.92 Å². The van der Waals surface area contributed by atoms with Gasteiger partial charge < -0.3 is 0 Å². The number of pyridine rings is 1. The van der Waals surface area contributed by atoms with Gasteiger partial charge in [-0.2, -0.15) is 0 Å². The Morgan fingerprint density at radius 2 is 1.87 bits per heavy atom. The molecule has 1 unspecified atom stereocenters. The number of benzene rings is 1. The largest absolute Gasteiger partial charge is 0.294 e. The van der Waals surface area contributed by atoms with Crippen molar-refractivity contribution in [1.82, 2.24) is 8.96 Å². The van der Waals surface area contributed by atoms with Crippen LogP contribution in [0.2, 0.25) is 5.15 Å². The SMILES string of the molecule is CC(=O)c1cn(S(=O)c2ccc(C)cc2)c2c(C)nc(Cl)cc12. The van der Waals surface area contributed by atoms with Crippen LogP contribution in [0.4, 0.5) is 0 Å². The van der Waals surface area contributed by atoms with Gasteiger partial charge in [0, 0.05) is 17.1 Å². The van der Waals surface area contributed by atoms with Gasteiger partial charge in [-0.25, -0.2) is 9.19 Å². The number of halogens is 1. The first kappa shape index (κ1) is 15.9. The number of fused-ring (bicyclic) bond motifs is 1. The monoisotopic (exact) mass is 346 g/mol. The summed E-state index contributed by atoms with van der Waals surface area (Å²) in [7, 11) is -1.46.